The lowest BCUT2D eigenvalue weighted by Crippen LogP contribution is -2.40. The van der Waals surface area contributed by atoms with Crippen LogP contribution in [0.25, 0.3) is 0 Å². The van der Waals surface area contributed by atoms with Gasteiger partial charge in [-0.05, 0) is 11.6 Å². The summed E-state index contributed by atoms with van der Waals surface area (Å²) in [6.45, 7) is 0.730. The summed E-state index contributed by atoms with van der Waals surface area (Å²) >= 11 is 5.85. The number of imidazole rings is 1. The molecule has 0 bridgehead atoms. The zero-order chi connectivity index (χ0) is 21.3. The molecule has 9 nitrogen and oxygen atoms in total. The zero-order valence-corrected chi connectivity index (χ0v) is 16.6. The third kappa shape index (κ3) is 5.20. The van der Waals surface area contributed by atoms with E-state index in [0.717, 1.165) is 11.3 Å². The standard InChI is InChI=1S/C12H14ClN4O2S.CHF3O3S/c1-15-6-7-17(9-15)20(18,19)16-5-4-11-10(8-16)2-3-12(13)14-11;2-1(3,4)8(5,6)7/h2-3,6-7,9H,4-5,8H2,1H3;(H,5,6,7)/q+1;/p-1. The van der Waals surface area contributed by atoms with Crippen LogP contribution in [-0.4, -0.2) is 46.7 Å². The van der Waals surface area contributed by atoms with E-state index in [2.05, 4.69) is 4.98 Å². The van der Waals surface area contributed by atoms with Crippen LogP contribution in [0.5, 0.6) is 0 Å². The van der Waals surface area contributed by atoms with Crippen molar-refractivity contribution in [3.8, 4) is 0 Å². The minimum absolute atomic E-state index is 0.323. The van der Waals surface area contributed by atoms with Gasteiger partial charge >= 0.3 is 15.7 Å². The second-order valence-corrected chi connectivity index (χ2v) is 9.23. The van der Waals surface area contributed by atoms with E-state index in [1.807, 2.05) is 6.07 Å². The molecular weight excluding hydrogens is 449 g/mol. The molecule has 0 amide bonds. The van der Waals surface area contributed by atoms with E-state index >= 15 is 0 Å². The molecule has 0 fully saturated rings. The lowest BCUT2D eigenvalue weighted by molar-refractivity contribution is -0.670. The fraction of sp³-hybridized carbons (Fsp3) is 0.385. The van der Waals surface area contributed by atoms with E-state index < -0.39 is 25.8 Å². The molecule has 0 aromatic carbocycles. The maximum atomic E-state index is 12.5. The van der Waals surface area contributed by atoms with Crippen molar-refractivity contribution in [2.75, 3.05) is 6.54 Å². The van der Waals surface area contributed by atoms with Crippen molar-refractivity contribution in [3.05, 3.63) is 47.3 Å². The number of halogens is 4. The molecule has 0 aliphatic carbocycles. The van der Waals surface area contributed by atoms with Gasteiger partial charge in [0.25, 0.3) is 6.33 Å². The van der Waals surface area contributed by atoms with E-state index in [0.29, 0.717) is 24.7 Å². The summed E-state index contributed by atoms with van der Waals surface area (Å²) in [4.78, 5) is 4.24. The van der Waals surface area contributed by atoms with E-state index in [-0.39, 0.29) is 0 Å². The van der Waals surface area contributed by atoms with E-state index in [4.69, 9.17) is 24.6 Å². The number of pyridine rings is 1. The number of hydrogen-bond acceptors (Lipinski definition) is 6. The normalized spacial score (nSPS) is 15.5. The average molecular weight is 463 g/mol. The van der Waals surface area contributed by atoms with Crippen LogP contribution in [0, 0.1) is 0 Å². The average Bonchev–Trinajstić information content (AvgIpc) is 3.00. The lowest BCUT2D eigenvalue weighted by Gasteiger charge is -2.25. The molecule has 1 aliphatic heterocycles. The predicted molar refractivity (Wildman–Crippen MR) is 89.0 cm³/mol. The third-order valence-corrected chi connectivity index (χ3v) is 6.09. The van der Waals surface area contributed by atoms with Crippen LogP contribution in [0.1, 0.15) is 11.3 Å². The van der Waals surface area contributed by atoms with Crippen LogP contribution in [0.3, 0.4) is 0 Å². The summed E-state index contributed by atoms with van der Waals surface area (Å²) in [6, 6.07) is 3.52. The van der Waals surface area contributed by atoms with Gasteiger partial charge in [0.2, 0.25) is 0 Å². The summed E-state index contributed by atoms with van der Waals surface area (Å²) in [7, 11) is -7.83. The molecule has 3 rings (SSSR count). The number of aromatic nitrogens is 3. The molecule has 1 aliphatic rings. The Morgan fingerprint density at radius 3 is 2.36 bits per heavy atom. The molecule has 0 saturated heterocycles. The first-order chi connectivity index (χ1) is 12.7. The monoisotopic (exact) mass is 462 g/mol. The van der Waals surface area contributed by atoms with Crippen LogP contribution in [-0.2, 0) is 40.3 Å². The molecule has 0 saturated carbocycles. The smallest absolute Gasteiger partial charge is 0.485 e. The molecular formula is C13H14ClF3N4O5S2. The van der Waals surface area contributed by atoms with Crippen molar-refractivity contribution in [2.45, 2.75) is 18.5 Å². The predicted octanol–water partition coefficient (Wildman–Crippen LogP) is 0.564. The van der Waals surface area contributed by atoms with Crippen LogP contribution >= 0.6 is 11.6 Å². The molecule has 0 radical (unpaired) electrons. The molecule has 3 heterocycles. The Morgan fingerprint density at radius 2 is 1.86 bits per heavy atom. The van der Waals surface area contributed by atoms with Gasteiger partial charge in [0.1, 0.15) is 17.5 Å². The molecule has 0 N–H and O–H groups in total. The molecule has 28 heavy (non-hydrogen) atoms. The zero-order valence-electron chi connectivity index (χ0n) is 14.2. The Labute approximate surface area is 163 Å². The molecule has 2 aromatic heterocycles. The Hall–Kier alpha value is -1.74. The van der Waals surface area contributed by atoms with Crippen molar-refractivity contribution in [2.24, 2.45) is 7.05 Å². The van der Waals surface area contributed by atoms with E-state index in [1.165, 1.54) is 20.8 Å². The van der Waals surface area contributed by atoms with Gasteiger partial charge < -0.3 is 4.55 Å². The molecule has 2 aromatic rings. The fourth-order valence-electron chi connectivity index (χ4n) is 2.26. The number of nitrogens with zero attached hydrogens (tertiary/aromatic N) is 4. The number of rotatable bonds is 2. The number of aryl methyl sites for hydroxylation is 1. The van der Waals surface area contributed by atoms with Gasteiger partial charge in [0.15, 0.2) is 10.1 Å². The molecule has 0 atom stereocenters. The largest absolute Gasteiger partial charge is 0.741 e. The molecule has 0 spiro atoms. The minimum Gasteiger partial charge on any atom is -0.741 e. The molecule has 15 heteroatoms. The van der Waals surface area contributed by atoms with Gasteiger partial charge in [-0.1, -0.05) is 17.7 Å². The number of fused-ring (bicyclic) bond motifs is 1. The summed E-state index contributed by atoms with van der Waals surface area (Å²) in [5, 5.41) is 0.442. The Kier molecular flexibility index (Phi) is 6.40. The van der Waals surface area contributed by atoms with Crippen LogP contribution in [0.4, 0.5) is 13.2 Å². The molecule has 0 unspecified atom stereocenters. The highest BCUT2D eigenvalue weighted by molar-refractivity contribution is 7.87. The van der Waals surface area contributed by atoms with Gasteiger partial charge in [-0.25, -0.2) is 18.0 Å². The fourth-order valence-corrected chi connectivity index (χ4v) is 3.79. The van der Waals surface area contributed by atoms with E-state index in [9.17, 15) is 21.6 Å². The highest BCUT2D eigenvalue weighted by Crippen LogP contribution is 2.22. The lowest BCUT2D eigenvalue weighted by atomic mass is 10.1. The SMILES string of the molecule is C[n+]1ccn(S(=O)(=O)N2CCc3nc(Cl)ccc3C2)c1.O=S(=O)([O-])C(F)(F)F. The first-order valence-electron chi connectivity index (χ1n) is 7.42. The van der Waals surface area contributed by atoms with Crippen LogP contribution < -0.4 is 4.57 Å². The number of alkyl halides is 3. The van der Waals surface area contributed by atoms with Gasteiger partial charge in [-0.2, -0.15) is 25.9 Å². The van der Waals surface area contributed by atoms with Gasteiger partial charge in [-0.15, -0.1) is 3.97 Å². The van der Waals surface area contributed by atoms with Crippen molar-refractivity contribution in [1.82, 2.24) is 13.3 Å². The summed E-state index contributed by atoms with van der Waals surface area (Å²) in [5.74, 6) is 0. The topological polar surface area (TPSA) is 116 Å². The number of hydrogen-bond donors (Lipinski definition) is 0. The van der Waals surface area contributed by atoms with E-state index in [1.54, 1.807) is 23.9 Å². The summed E-state index contributed by atoms with van der Waals surface area (Å²) in [5.41, 5.74) is -3.87. The first-order valence-corrected chi connectivity index (χ1v) is 10.6. The highest BCUT2D eigenvalue weighted by atomic mass is 35.5. The Morgan fingerprint density at radius 1 is 1.25 bits per heavy atom. The maximum absolute atomic E-state index is 12.5. The van der Waals surface area contributed by atoms with Crippen molar-refractivity contribution >= 4 is 31.9 Å². The minimum atomic E-state index is -6.09. The summed E-state index contributed by atoms with van der Waals surface area (Å²) < 4.78 is 88.3. The first kappa shape index (κ1) is 22.5. The van der Waals surface area contributed by atoms with Gasteiger partial charge in [0.05, 0.1) is 7.05 Å². The van der Waals surface area contributed by atoms with Crippen molar-refractivity contribution in [1.29, 1.82) is 0 Å². The Balaban J connectivity index is 0.000000300. The third-order valence-electron chi connectivity index (χ3n) is 3.60. The van der Waals surface area contributed by atoms with Crippen LogP contribution in [0.15, 0.2) is 30.9 Å². The Bertz CT molecular complexity index is 1070. The van der Waals surface area contributed by atoms with Crippen LogP contribution in [0.2, 0.25) is 5.15 Å². The second-order valence-electron chi connectivity index (χ2n) is 5.64. The van der Waals surface area contributed by atoms with Crippen molar-refractivity contribution < 1.29 is 39.1 Å². The maximum Gasteiger partial charge on any atom is 0.485 e. The molecule has 156 valence electrons. The quantitative estimate of drug-likeness (QED) is 0.279. The summed E-state index contributed by atoms with van der Waals surface area (Å²) in [6.07, 6.45) is 5.33. The van der Waals surface area contributed by atoms with Gasteiger partial charge in [-0.3, -0.25) is 0 Å². The highest BCUT2D eigenvalue weighted by Gasteiger charge is 2.37. The van der Waals surface area contributed by atoms with Gasteiger partial charge in [0, 0.05) is 25.2 Å². The second kappa shape index (κ2) is 7.94. The van der Waals surface area contributed by atoms with Crippen molar-refractivity contribution in [3.63, 3.8) is 0 Å².